The van der Waals surface area contributed by atoms with E-state index in [1.807, 2.05) is 30.5 Å². The van der Waals surface area contributed by atoms with E-state index in [1.165, 1.54) is 4.90 Å². The summed E-state index contributed by atoms with van der Waals surface area (Å²) < 4.78 is 5.14. The van der Waals surface area contributed by atoms with Crippen LogP contribution in [0.4, 0.5) is 0 Å². The highest BCUT2D eigenvalue weighted by Gasteiger charge is 2.15. The lowest BCUT2D eigenvalue weighted by molar-refractivity contribution is 0.415. The van der Waals surface area contributed by atoms with Gasteiger partial charge in [-0.15, -0.1) is 11.8 Å². The number of nitrogens with two attached hydrogens (primary N) is 1. The van der Waals surface area contributed by atoms with Crippen molar-refractivity contribution in [3.05, 3.63) is 57.6 Å². The Morgan fingerprint density at radius 1 is 1.10 bits per heavy atom. The van der Waals surface area contributed by atoms with Crippen LogP contribution in [0, 0.1) is 0 Å². The smallest absolute Gasteiger partial charge is 0.138 e. The molecule has 0 bridgehead atoms. The number of benzene rings is 2. The summed E-state index contributed by atoms with van der Waals surface area (Å²) in [7, 11) is 1.55. The Hall–Kier alpha value is -0.870. The molecule has 2 nitrogen and oxygen atoms in total. The average molecular weight is 328 g/mol. The van der Waals surface area contributed by atoms with E-state index in [4.69, 9.17) is 33.7 Å². The van der Waals surface area contributed by atoms with Crippen molar-refractivity contribution in [1.29, 1.82) is 0 Å². The Morgan fingerprint density at radius 2 is 1.75 bits per heavy atom. The highest BCUT2D eigenvalue weighted by Crippen LogP contribution is 2.35. The van der Waals surface area contributed by atoms with Gasteiger partial charge >= 0.3 is 0 Å². The van der Waals surface area contributed by atoms with Crippen LogP contribution in [0.5, 0.6) is 5.75 Å². The summed E-state index contributed by atoms with van der Waals surface area (Å²) in [5.41, 5.74) is 8.06. The van der Waals surface area contributed by atoms with E-state index in [9.17, 15) is 0 Å². The highest BCUT2D eigenvalue weighted by atomic mass is 35.5. The second-order valence-electron chi connectivity index (χ2n) is 4.26. The molecule has 0 fully saturated rings. The van der Waals surface area contributed by atoms with Gasteiger partial charge in [-0.05, 0) is 35.6 Å². The molecule has 106 valence electrons. The van der Waals surface area contributed by atoms with E-state index < -0.39 is 0 Å². The van der Waals surface area contributed by atoms with E-state index in [-0.39, 0.29) is 6.04 Å². The first-order valence-corrected chi connectivity index (χ1v) is 7.97. The van der Waals surface area contributed by atoms with Crippen molar-refractivity contribution in [3.8, 4) is 5.75 Å². The Bertz CT molecular complexity index is 602. The standard InChI is InChI=1S/C15H15Cl2NOS/c1-19-14-8-12(16)11(7-13(14)17)15(18)9-3-5-10(20-2)6-4-9/h3-8,15H,18H2,1-2H3. The summed E-state index contributed by atoms with van der Waals surface area (Å²) in [6, 6.07) is 11.2. The molecule has 1 atom stereocenters. The van der Waals surface area contributed by atoms with E-state index >= 15 is 0 Å². The maximum atomic E-state index is 6.28. The fraction of sp³-hybridized carbons (Fsp3) is 0.200. The molecule has 2 rings (SSSR count). The van der Waals surface area contributed by atoms with Crippen LogP contribution in [0.2, 0.25) is 10.0 Å². The van der Waals surface area contributed by atoms with Crippen molar-refractivity contribution < 1.29 is 4.74 Å². The van der Waals surface area contributed by atoms with Crippen LogP contribution in [0.3, 0.4) is 0 Å². The molecular weight excluding hydrogens is 313 g/mol. The Morgan fingerprint density at radius 3 is 2.30 bits per heavy atom. The lowest BCUT2D eigenvalue weighted by Gasteiger charge is -2.16. The Kier molecular flexibility index (Phi) is 5.22. The molecule has 0 amide bonds. The maximum Gasteiger partial charge on any atom is 0.138 e. The fourth-order valence-corrected chi connectivity index (χ4v) is 2.86. The summed E-state index contributed by atoms with van der Waals surface area (Å²) in [6.45, 7) is 0. The van der Waals surface area contributed by atoms with E-state index in [1.54, 1.807) is 31.0 Å². The molecule has 2 aromatic rings. The maximum absolute atomic E-state index is 6.28. The monoisotopic (exact) mass is 327 g/mol. The molecule has 0 spiro atoms. The van der Waals surface area contributed by atoms with Gasteiger partial charge in [0.25, 0.3) is 0 Å². The predicted molar refractivity (Wildman–Crippen MR) is 87.3 cm³/mol. The van der Waals surface area contributed by atoms with E-state index in [0.717, 1.165) is 11.1 Å². The minimum absolute atomic E-state index is 0.318. The minimum Gasteiger partial charge on any atom is -0.495 e. The van der Waals surface area contributed by atoms with E-state index in [2.05, 4.69) is 0 Å². The lowest BCUT2D eigenvalue weighted by atomic mass is 9.99. The largest absolute Gasteiger partial charge is 0.495 e. The molecule has 0 saturated carbocycles. The fourth-order valence-electron chi connectivity index (χ4n) is 1.93. The minimum atomic E-state index is -0.318. The zero-order chi connectivity index (χ0) is 14.7. The molecule has 0 aromatic heterocycles. The van der Waals surface area contributed by atoms with Gasteiger partial charge in [0.1, 0.15) is 5.75 Å². The zero-order valence-electron chi connectivity index (χ0n) is 11.2. The van der Waals surface area contributed by atoms with E-state index in [0.29, 0.717) is 15.8 Å². The van der Waals surface area contributed by atoms with Crippen molar-refractivity contribution in [2.24, 2.45) is 5.73 Å². The number of methoxy groups -OCH3 is 1. The molecule has 5 heteroatoms. The summed E-state index contributed by atoms with van der Waals surface area (Å²) in [4.78, 5) is 1.19. The quantitative estimate of drug-likeness (QED) is 0.821. The van der Waals surface area contributed by atoms with Crippen LogP contribution in [0.1, 0.15) is 17.2 Å². The van der Waals surface area contributed by atoms with Crippen LogP contribution in [0.25, 0.3) is 0 Å². The highest BCUT2D eigenvalue weighted by molar-refractivity contribution is 7.98. The summed E-state index contributed by atoms with van der Waals surface area (Å²) in [5, 5.41) is 1.05. The zero-order valence-corrected chi connectivity index (χ0v) is 13.5. The normalized spacial score (nSPS) is 12.2. The van der Waals surface area contributed by atoms with Crippen molar-refractivity contribution in [1.82, 2.24) is 0 Å². The molecule has 0 aliphatic carbocycles. The third-order valence-electron chi connectivity index (χ3n) is 3.08. The first kappa shape index (κ1) is 15.5. The van der Waals surface area contributed by atoms with Gasteiger partial charge in [-0.25, -0.2) is 0 Å². The predicted octanol–water partition coefficient (Wildman–Crippen LogP) is 4.77. The molecule has 0 aliphatic heterocycles. The molecule has 0 radical (unpaired) electrons. The second kappa shape index (κ2) is 6.72. The number of rotatable bonds is 4. The molecule has 2 aromatic carbocycles. The molecular formula is C15H15Cl2NOS. The van der Waals surface area contributed by atoms with Crippen molar-refractivity contribution in [2.75, 3.05) is 13.4 Å². The number of hydrogen-bond acceptors (Lipinski definition) is 3. The number of thioether (sulfide) groups is 1. The van der Waals surface area contributed by atoms with Crippen LogP contribution in [-0.2, 0) is 0 Å². The van der Waals surface area contributed by atoms with Crippen LogP contribution < -0.4 is 10.5 Å². The summed E-state index contributed by atoms with van der Waals surface area (Å²) in [5.74, 6) is 0.547. The molecule has 0 saturated heterocycles. The van der Waals surface area contributed by atoms with Gasteiger partial charge in [0.15, 0.2) is 0 Å². The molecule has 1 unspecified atom stereocenters. The van der Waals surface area contributed by atoms with Crippen LogP contribution >= 0.6 is 35.0 Å². The average Bonchev–Trinajstić information content (AvgIpc) is 2.48. The van der Waals surface area contributed by atoms with Crippen molar-refractivity contribution >= 4 is 35.0 Å². The van der Waals surface area contributed by atoms with Gasteiger partial charge in [-0.1, -0.05) is 35.3 Å². The van der Waals surface area contributed by atoms with Gasteiger partial charge in [0.2, 0.25) is 0 Å². The summed E-state index contributed by atoms with van der Waals surface area (Å²) in [6.07, 6.45) is 2.04. The van der Waals surface area contributed by atoms with Crippen LogP contribution in [-0.4, -0.2) is 13.4 Å². The lowest BCUT2D eigenvalue weighted by Crippen LogP contribution is -2.12. The van der Waals surface area contributed by atoms with Gasteiger partial charge in [0, 0.05) is 16.0 Å². The van der Waals surface area contributed by atoms with Gasteiger partial charge < -0.3 is 10.5 Å². The first-order chi connectivity index (χ1) is 9.56. The topological polar surface area (TPSA) is 35.2 Å². The van der Waals surface area contributed by atoms with Crippen molar-refractivity contribution in [3.63, 3.8) is 0 Å². The third-order valence-corrected chi connectivity index (χ3v) is 4.45. The van der Waals surface area contributed by atoms with Gasteiger partial charge in [-0.2, -0.15) is 0 Å². The number of hydrogen-bond donors (Lipinski definition) is 1. The number of ether oxygens (including phenoxy) is 1. The summed E-state index contributed by atoms with van der Waals surface area (Å²) >= 11 is 14.1. The first-order valence-electron chi connectivity index (χ1n) is 5.99. The third kappa shape index (κ3) is 3.23. The van der Waals surface area contributed by atoms with Gasteiger partial charge in [-0.3, -0.25) is 0 Å². The SMILES string of the molecule is COc1cc(Cl)c(C(N)c2ccc(SC)cc2)cc1Cl. The molecule has 0 heterocycles. The van der Waals surface area contributed by atoms with Crippen molar-refractivity contribution in [2.45, 2.75) is 10.9 Å². The number of halogens is 2. The Labute approximate surface area is 133 Å². The Balaban J connectivity index is 2.36. The van der Waals surface area contributed by atoms with Crippen LogP contribution in [0.15, 0.2) is 41.3 Å². The molecule has 0 aliphatic rings. The second-order valence-corrected chi connectivity index (χ2v) is 5.95. The van der Waals surface area contributed by atoms with Gasteiger partial charge in [0.05, 0.1) is 18.2 Å². The molecule has 20 heavy (non-hydrogen) atoms. The molecule has 2 N–H and O–H groups in total.